The summed E-state index contributed by atoms with van der Waals surface area (Å²) in [6.07, 6.45) is 0.786. The maximum absolute atomic E-state index is 9.39. The Morgan fingerprint density at radius 2 is 2.00 bits per heavy atom. The third-order valence-electron chi connectivity index (χ3n) is 2.48. The van der Waals surface area contributed by atoms with Gasteiger partial charge in [-0.15, -0.1) is 0 Å². The van der Waals surface area contributed by atoms with Crippen molar-refractivity contribution in [2.75, 3.05) is 0 Å². The van der Waals surface area contributed by atoms with E-state index in [0.29, 0.717) is 18.3 Å². The highest BCUT2D eigenvalue weighted by molar-refractivity contribution is 6.59. The molecule has 3 nitrogen and oxygen atoms in total. The predicted octanol–water partition coefficient (Wildman–Crippen LogP) is -1.17. The van der Waals surface area contributed by atoms with Crippen LogP contribution in [0.1, 0.15) is 11.1 Å². The van der Waals surface area contributed by atoms with Gasteiger partial charge in [0, 0.05) is 0 Å². The van der Waals surface area contributed by atoms with E-state index in [-0.39, 0.29) is 6.10 Å². The van der Waals surface area contributed by atoms with E-state index in [2.05, 4.69) is 0 Å². The van der Waals surface area contributed by atoms with Crippen molar-refractivity contribution >= 4 is 12.6 Å². The van der Waals surface area contributed by atoms with E-state index >= 15 is 0 Å². The van der Waals surface area contributed by atoms with Crippen molar-refractivity contribution in [1.29, 1.82) is 0 Å². The molecule has 2 rings (SSSR count). The van der Waals surface area contributed by atoms with E-state index in [9.17, 15) is 5.11 Å². The first-order chi connectivity index (χ1) is 6.18. The number of hydrogen-bond acceptors (Lipinski definition) is 3. The molecule has 13 heavy (non-hydrogen) atoms. The van der Waals surface area contributed by atoms with E-state index in [4.69, 9.17) is 10.0 Å². The molecule has 3 N–H and O–H groups in total. The number of fused-ring (bicyclic) bond motifs is 1. The van der Waals surface area contributed by atoms with Crippen LogP contribution in [-0.2, 0) is 12.8 Å². The molecule has 1 atom stereocenters. The average molecular weight is 178 g/mol. The van der Waals surface area contributed by atoms with Crippen LogP contribution in [0.4, 0.5) is 0 Å². The van der Waals surface area contributed by atoms with Gasteiger partial charge in [0.2, 0.25) is 0 Å². The zero-order chi connectivity index (χ0) is 9.42. The van der Waals surface area contributed by atoms with Crippen LogP contribution in [0, 0.1) is 0 Å². The third-order valence-corrected chi connectivity index (χ3v) is 2.48. The van der Waals surface area contributed by atoms with Gasteiger partial charge in [-0.3, -0.25) is 0 Å². The summed E-state index contributed by atoms with van der Waals surface area (Å²) in [5.74, 6) is 0. The molecule has 1 unspecified atom stereocenters. The number of hydrogen-bond donors (Lipinski definition) is 3. The van der Waals surface area contributed by atoms with Crippen LogP contribution in [0.15, 0.2) is 18.2 Å². The minimum atomic E-state index is -1.43. The third kappa shape index (κ3) is 1.48. The minimum Gasteiger partial charge on any atom is -0.423 e. The molecular formula is C9H11BO3. The number of rotatable bonds is 1. The lowest BCUT2D eigenvalue weighted by Gasteiger charge is -2.05. The van der Waals surface area contributed by atoms with Crippen LogP contribution in [0.3, 0.4) is 0 Å². The Morgan fingerprint density at radius 3 is 2.69 bits per heavy atom. The Balaban J connectivity index is 2.45. The lowest BCUT2D eigenvalue weighted by Crippen LogP contribution is -2.33. The fourth-order valence-electron chi connectivity index (χ4n) is 1.90. The Kier molecular flexibility index (Phi) is 2.11. The second-order valence-corrected chi connectivity index (χ2v) is 3.42. The smallest absolute Gasteiger partial charge is 0.423 e. The van der Waals surface area contributed by atoms with Crippen molar-refractivity contribution in [3.05, 3.63) is 29.3 Å². The molecule has 1 aromatic carbocycles. The average Bonchev–Trinajstić information content (AvgIpc) is 2.43. The SMILES string of the molecule is OB(O)c1cccc2c1CC(O)C2. The molecule has 1 aliphatic rings. The summed E-state index contributed by atoms with van der Waals surface area (Å²) < 4.78 is 0. The summed E-state index contributed by atoms with van der Waals surface area (Å²) in [5.41, 5.74) is 2.44. The lowest BCUT2D eigenvalue weighted by molar-refractivity contribution is 0.187. The van der Waals surface area contributed by atoms with Gasteiger partial charge in [-0.05, 0) is 29.4 Å². The Bertz CT molecular complexity index is 325. The van der Waals surface area contributed by atoms with E-state index in [0.717, 1.165) is 11.1 Å². The normalized spacial score (nSPS) is 20.1. The molecule has 0 saturated heterocycles. The van der Waals surface area contributed by atoms with Crippen molar-refractivity contribution in [3.63, 3.8) is 0 Å². The number of aliphatic hydroxyl groups excluding tert-OH is 1. The number of aliphatic hydroxyl groups is 1. The van der Waals surface area contributed by atoms with Gasteiger partial charge in [0.1, 0.15) is 0 Å². The van der Waals surface area contributed by atoms with Crippen LogP contribution in [0.2, 0.25) is 0 Å². The molecule has 0 amide bonds. The van der Waals surface area contributed by atoms with E-state index < -0.39 is 7.12 Å². The molecule has 0 spiro atoms. The first-order valence-electron chi connectivity index (χ1n) is 4.33. The predicted molar refractivity (Wildman–Crippen MR) is 49.7 cm³/mol. The fraction of sp³-hybridized carbons (Fsp3) is 0.333. The molecule has 0 heterocycles. The van der Waals surface area contributed by atoms with Crippen molar-refractivity contribution < 1.29 is 15.2 Å². The van der Waals surface area contributed by atoms with Gasteiger partial charge in [0.25, 0.3) is 0 Å². The molecule has 0 bridgehead atoms. The molecule has 68 valence electrons. The van der Waals surface area contributed by atoms with E-state index in [1.165, 1.54) is 0 Å². The second kappa shape index (κ2) is 3.14. The van der Waals surface area contributed by atoms with Gasteiger partial charge in [0.15, 0.2) is 0 Å². The fourth-order valence-corrected chi connectivity index (χ4v) is 1.90. The van der Waals surface area contributed by atoms with Crippen LogP contribution in [0.25, 0.3) is 0 Å². The molecular weight excluding hydrogens is 167 g/mol. The van der Waals surface area contributed by atoms with Gasteiger partial charge in [-0.1, -0.05) is 18.2 Å². The van der Waals surface area contributed by atoms with Gasteiger partial charge in [-0.2, -0.15) is 0 Å². The molecule has 0 radical (unpaired) electrons. The summed E-state index contributed by atoms with van der Waals surface area (Å²) in [5, 5.41) is 27.5. The highest BCUT2D eigenvalue weighted by atomic mass is 16.4. The topological polar surface area (TPSA) is 60.7 Å². The minimum absolute atomic E-state index is 0.366. The van der Waals surface area contributed by atoms with Gasteiger partial charge >= 0.3 is 7.12 Å². The molecule has 4 heteroatoms. The molecule has 0 aliphatic heterocycles. The first kappa shape index (κ1) is 8.75. The van der Waals surface area contributed by atoms with Crippen molar-refractivity contribution in [2.24, 2.45) is 0 Å². The molecule has 1 aliphatic carbocycles. The van der Waals surface area contributed by atoms with Crippen molar-refractivity contribution in [2.45, 2.75) is 18.9 Å². The Morgan fingerprint density at radius 1 is 1.23 bits per heavy atom. The van der Waals surface area contributed by atoms with Crippen LogP contribution < -0.4 is 5.46 Å². The largest absolute Gasteiger partial charge is 0.488 e. The molecule has 0 fully saturated rings. The maximum atomic E-state index is 9.39. The van der Waals surface area contributed by atoms with Crippen LogP contribution in [0.5, 0.6) is 0 Å². The summed E-state index contributed by atoms with van der Waals surface area (Å²) in [4.78, 5) is 0. The zero-order valence-electron chi connectivity index (χ0n) is 7.14. The van der Waals surface area contributed by atoms with E-state index in [1.807, 2.05) is 6.07 Å². The number of benzene rings is 1. The highest BCUT2D eigenvalue weighted by Gasteiger charge is 2.25. The maximum Gasteiger partial charge on any atom is 0.488 e. The molecule has 0 aromatic heterocycles. The van der Waals surface area contributed by atoms with Crippen molar-refractivity contribution in [3.8, 4) is 0 Å². The Hall–Kier alpha value is -0.835. The van der Waals surface area contributed by atoms with E-state index in [1.54, 1.807) is 12.1 Å². The summed E-state index contributed by atoms with van der Waals surface area (Å²) in [6.45, 7) is 0. The summed E-state index contributed by atoms with van der Waals surface area (Å²) in [7, 11) is -1.43. The zero-order valence-corrected chi connectivity index (χ0v) is 7.14. The molecule has 1 aromatic rings. The van der Waals surface area contributed by atoms with Gasteiger partial charge in [0.05, 0.1) is 6.10 Å². The monoisotopic (exact) mass is 178 g/mol. The van der Waals surface area contributed by atoms with Gasteiger partial charge < -0.3 is 15.2 Å². The second-order valence-electron chi connectivity index (χ2n) is 3.42. The lowest BCUT2D eigenvalue weighted by atomic mass is 9.76. The standard InChI is InChI=1S/C9H11BO3/c11-7-4-6-2-1-3-9(10(12)13)8(6)5-7/h1-3,7,11-13H,4-5H2. The summed E-state index contributed by atoms with van der Waals surface area (Å²) >= 11 is 0. The molecule has 0 saturated carbocycles. The Labute approximate surface area is 76.8 Å². The van der Waals surface area contributed by atoms with Crippen molar-refractivity contribution in [1.82, 2.24) is 0 Å². The van der Waals surface area contributed by atoms with Gasteiger partial charge in [-0.25, -0.2) is 0 Å². The van der Waals surface area contributed by atoms with Crippen LogP contribution >= 0.6 is 0 Å². The summed E-state index contributed by atoms with van der Waals surface area (Å²) in [6, 6.07) is 5.38. The first-order valence-corrected chi connectivity index (χ1v) is 4.33. The quantitative estimate of drug-likeness (QED) is 0.474. The van der Waals surface area contributed by atoms with Crippen LogP contribution in [-0.4, -0.2) is 28.4 Å². The highest BCUT2D eigenvalue weighted by Crippen LogP contribution is 2.20.